The van der Waals surface area contributed by atoms with Crippen molar-refractivity contribution < 1.29 is 9.84 Å². The summed E-state index contributed by atoms with van der Waals surface area (Å²) in [5.74, 6) is 0. The van der Waals surface area contributed by atoms with Crippen molar-refractivity contribution in [3.8, 4) is 0 Å². The van der Waals surface area contributed by atoms with Crippen molar-refractivity contribution in [1.82, 2.24) is 4.90 Å². The molecule has 1 fully saturated rings. The Balaban J connectivity index is 1.81. The number of aliphatic hydroxyl groups excluding tert-OH is 1. The summed E-state index contributed by atoms with van der Waals surface area (Å²) in [4.78, 5) is 2.43. The predicted molar refractivity (Wildman–Crippen MR) is 67.8 cm³/mol. The van der Waals surface area contributed by atoms with Gasteiger partial charge in [-0.15, -0.1) is 0 Å². The Labute approximate surface area is 103 Å². The Hall–Kier alpha value is -0.900. The van der Waals surface area contributed by atoms with Gasteiger partial charge in [0, 0.05) is 13.1 Å². The van der Waals surface area contributed by atoms with Gasteiger partial charge in [-0.2, -0.15) is 0 Å². The third kappa shape index (κ3) is 4.11. The standard InChI is InChI=1S/C14H21NO2/c16-9-10-17-14-7-4-8-15(12-14)11-13-5-2-1-3-6-13/h1-3,5-6,14,16H,4,7-12H2/t14-/m1/s1. The highest BCUT2D eigenvalue weighted by Crippen LogP contribution is 2.15. The van der Waals surface area contributed by atoms with E-state index in [-0.39, 0.29) is 6.61 Å². The van der Waals surface area contributed by atoms with Gasteiger partial charge in [0.05, 0.1) is 19.3 Å². The number of aliphatic hydroxyl groups is 1. The van der Waals surface area contributed by atoms with Crippen molar-refractivity contribution >= 4 is 0 Å². The zero-order chi connectivity index (χ0) is 11.9. The van der Waals surface area contributed by atoms with E-state index in [4.69, 9.17) is 9.84 Å². The van der Waals surface area contributed by atoms with E-state index in [0.29, 0.717) is 12.7 Å². The van der Waals surface area contributed by atoms with Crippen LogP contribution in [0.15, 0.2) is 30.3 Å². The molecule has 17 heavy (non-hydrogen) atoms. The van der Waals surface area contributed by atoms with Crippen LogP contribution in [0.2, 0.25) is 0 Å². The van der Waals surface area contributed by atoms with Gasteiger partial charge < -0.3 is 9.84 Å². The summed E-state index contributed by atoms with van der Waals surface area (Å²) in [7, 11) is 0. The number of piperidine rings is 1. The summed E-state index contributed by atoms with van der Waals surface area (Å²) < 4.78 is 5.61. The number of likely N-dealkylation sites (tertiary alicyclic amines) is 1. The SMILES string of the molecule is OCCO[C@@H]1CCCN(Cc2ccccc2)C1. The number of benzene rings is 1. The second kappa shape index (κ2) is 6.74. The third-order valence-corrected chi connectivity index (χ3v) is 3.16. The zero-order valence-corrected chi connectivity index (χ0v) is 10.2. The fraction of sp³-hybridized carbons (Fsp3) is 0.571. The van der Waals surface area contributed by atoms with Gasteiger partial charge in [0.2, 0.25) is 0 Å². The quantitative estimate of drug-likeness (QED) is 0.842. The van der Waals surface area contributed by atoms with E-state index in [2.05, 4.69) is 29.2 Å². The molecule has 0 radical (unpaired) electrons. The number of nitrogens with zero attached hydrogens (tertiary/aromatic N) is 1. The third-order valence-electron chi connectivity index (χ3n) is 3.16. The smallest absolute Gasteiger partial charge is 0.0703 e. The molecular formula is C14H21NO2. The van der Waals surface area contributed by atoms with Gasteiger partial charge in [-0.1, -0.05) is 30.3 Å². The van der Waals surface area contributed by atoms with Crippen LogP contribution in [0.4, 0.5) is 0 Å². The van der Waals surface area contributed by atoms with Gasteiger partial charge in [0.15, 0.2) is 0 Å². The van der Waals surface area contributed by atoms with Crippen LogP contribution in [0.1, 0.15) is 18.4 Å². The van der Waals surface area contributed by atoms with E-state index in [9.17, 15) is 0 Å². The Morgan fingerprint density at radius 3 is 2.88 bits per heavy atom. The molecular weight excluding hydrogens is 214 g/mol. The van der Waals surface area contributed by atoms with Gasteiger partial charge in [-0.05, 0) is 24.9 Å². The minimum atomic E-state index is 0.120. The summed E-state index contributed by atoms with van der Waals surface area (Å²) in [5, 5.41) is 8.76. The van der Waals surface area contributed by atoms with Crippen molar-refractivity contribution in [2.24, 2.45) is 0 Å². The van der Waals surface area contributed by atoms with Gasteiger partial charge in [-0.3, -0.25) is 4.90 Å². The molecule has 0 bridgehead atoms. The molecule has 0 saturated carbocycles. The van der Waals surface area contributed by atoms with Crippen molar-refractivity contribution in [2.75, 3.05) is 26.3 Å². The van der Waals surface area contributed by atoms with E-state index >= 15 is 0 Å². The van der Waals surface area contributed by atoms with Crippen molar-refractivity contribution in [3.63, 3.8) is 0 Å². The maximum atomic E-state index is 8.76. The largest absolute Gasteiger partial charge is 0.394 e. The van der Waals surface area contributed by atoms with Gasteiger partial charge in [0.1, 0.15) is 0 Å². The lowest BCUT2D eigenvalue weighted by Gasteiger charge is -2.32. The molecule has 1 atom stereocenters. The first-order chi connectivity index (χ1) is 8.38. The topological polar surface area (TPSA) is 32.7 Å². The molecule has 0 aromatic heterocycles. The van der Waals surface area contributed by atoms with Crippen LogP contribution in [-0.4, -0.2) is 42.4 Å². The normalized spacial score (nSPS) is 21.6. The van der Waals surface area contributed by atoms with Gasteiger partial charge in [-0.25, -0.2) is 0 Å². The van der Waals surface area contributed by atoms with E-state index in [1.165, 1.54) is 12.0 Å². The number of hydrogen-bond acceptors (Lipinski definition) is 3. The highest BCUT2D eigenvalue weighted by Gasteiger charge is 2.19. The Morgan fingerprint density at radius 1 is 1.29 bits per heavy atom. The highest BCUT2D eigenvalue weighted by molar-refractivity contribution is 5.14. The molecule has 3 nitrogen and oxygen atoms in total. The van der Waals surface area contributed by atoms with Crippen molar-refractivity contribution in [2.45, 2.75) is 25.5 Å². The molecule has 0 unspecified atom stereocenters. The summed E-state index contributed by atoms with van der Waals surface area (Å²) in [6.45, 7) is 3.71. The molecule has 94 valence electrons. The van der Waals surface area contributed by atoms with Crippen molar-refractivity contribution in [1.29, 1.82) is 0 Å². The maximum absolute atomic E-state index is 8.76. The molecule has 1 saturated heterocycles. The van der Waals surface area contributed by atoms with Crippen LogP contribution < -0.4 is 0 Å². The fourth-order valence-electron chi connectivity index (χ4n) is 2.35. The highest BCUT2D eigenvalue weighted by atomic mass is 16.5. The first kappa shape index (κ1) is 12.6. The molecule has 0 aliphatic carbocycles. The minimum Gasteiger partial charge on any atom is -0.394 e. The van der Waals surface area contributed by atoms with Crippen LogP contribution in [-0.2, 0) is 11.3 Å². The molecule has 3 heteroatoms. The summed E-state index contributed by atoms with van der Waals surface area (Å²) in [6.07, 6.45) is 2.59. The maximum Gasteiger partial charge on any atom is 0.0703 e. The molecule has 1 N–H and O–H groups in total. The first-order valence-electron chi connectivity index (χ1n) is 6.37. The second-order valence-corrected chi connectivity index (χ2v) is 4.58. The van der Waals surface area contributed by atoms with Crippen LogP contribution in [0, 0.1) is 0 Å². The second-order valence-electron chi connectivity index (χ2n) is 4.58. The summed E-state index contributed by atoms with van der Waals surface area (Å²) in [5.41, 5.74) is 1.36. The number of hydrogen-bond donors (Lipinski definition) is 1. The lowest BCUT2D eigenvalue weighted by atomic mass is 10.1. The van der Waals surface area contributed by atoms with E-state index in [1.54, 1.807) is 0 Å². The Bertz CT molecular complexity index is 315. The molecule has 2 rings (SSSR count). The average Bonchev–Trinajstić information content (AvgIpc) is 2.38. The molecule has 1 aliphatic heterocycles. The summed E-state index contributed by atoms with van der Waals surface area (Å²) >= 11 is 0. The number of ether oxygens (including phenoxy) is 1. The first-order valence-corrected chi connectivity index (χ1v) is 6.37. The molecule has 0 amide bonds. The molecule has 1 aromatic rings. The Kier molecular flexibility index (Phi) is 4.98. The van der Waals surface area contributed by atoms with E-state index in [1.807, 2.05) is 6.07 Å². The fourth-order valence-corrected chi connectivity index (χ4v) is 2.35. The Morgan fingerprint density at radius 2 is 2.12 bits per heavy atom. The zero-order valence-electron chi connectivity index (χ0n) is 10.2. The van der Waals surface area contributed by atoms with E-state index < -0.39 is 0 Å². The van der Waals surface area contributed by atoms with Crippen LogP contribution in [0.3, 0.4) is 0 Å². The van der Waals surface area contributed by atoms with Crippen LogP contribution >= 0.6 is 0 Å². The van der Waals surface area contributed by atoms with Gasteiger partial charge >= 0.3 is 0 Å². The molecule has 1 aromatic carbocycles. The lowest BCUT2D eigenvalue weighted by molar-refractivity contribution is -0.0163. The van der Waals surface area contributed by atoms with Crippen LogP contribution in [0.25, 0.3) is 0 Å². The molecule has 0 spiro atoms. The van der Waals surface area contributed by atoms with Crippen molar-refractivity contribution in [3.05, 3.63) is 35.9 Å². The lowest BCUT2D eigenvalue weighted by Crippen LogP contribution is -2.39. The van der Waals surface area contributed by atoms with Crippen LogP contribution in [0.5, 0.6) is 0 Å². The average molecular weight is 235 g/mol. The van der Waals surface area contributed by atoms with Gasteiger partial charge in [0.25, 0.3) is 0 Å². The predicted octanol–water partition coefficient (Wildman–Crippen LogP) is 1.66. The molecule has 1 aliphatic rings. The van der Waals surface area contributed by atoms with E-state index in [0.717, 1.165) is 26.1 Å². The number of rotatable bonds is 5. The summed E-state index contributed by atoms with van der Waals surface area (Å²) in [6, 6.07) is 10.5. The minimum absolute atomic E-state index is 0.120. The monoisotopic (exact) mass is 235 g/mol. The molecule has 1 heterocycles.